The second-order valence-corrected chi connectivity index (χ2v) is 2.42. The van der Waals surface area contributed by atoms with E-state index in [0.29, 0.717) is 12.0 Å². The van der Waals surface area contributed by atoms with Crippen molar-refractivity contribution < 1.29 is 9.18 Å². The monoisotopic (exact) mass is 166 g/mol. The fourth-order valence-corrected chi connectivity index (χ4v) is 0.903. The number of hydrogen-bond donors (Lipinski definition) is 1. The van der Waals surface area contributed by atoms with Gasteiger partial charge in [0.2, 0.25) is 5.91 Å². The lowest BCUT2D eigenvalue weighted by atomic mass is 10.1. The summed E-state index contributed by atoms with van der Waals surface area (Å²) in [6.07, 6.45) is 0.366. The molecular weight excluding hydrogens is 157 g/mol. The van der Waals surface area contributed by atoms with Crippen molar-refractivity contribution in [2.45, 2.75) is 6.42 Å². The number of halogens is 1. The summed E-state index contributed by atoms with van der Waals surface area (Å²) in [5.74, 6) is -1.05. The predicted molar refractivity (Wildman–Crippen MR) is 44.0 cm³/mol. The van der Waals surface area contributed by atoms with Crippen molar-refractivity contribution in [3.05, 3.63) is 42.1 Å². The molecule has 0 aliphatic heterocycles. The lowest BCUT2D eigenvalue weighted by molar-refractivity contribution is 0.1000. The van der Waals surface area contributed by atoms with Crippen LogP contribution in [0.5, 0.6) is 0 Å². The third kappa shape index (κ3) is 1.61. The highest BCUT2D eigenvalue weighted by molar-refractivity contribution is 5.92. The van der Waals surface area contributed by atoms with Crippen LogP contribution < -0.4 is 5.73 Å². The molecule has 0 spiro atoms. The zero-order chi connectivity index (χ0) is 9.14. The second kappa shape index (κ2) is 3.34. The smallest absolute Gasteiger partial charge is 0.248 e. The van der Waals surface area contributed by atoms with Crippen LogP contribution in [0, 0.1) is 12.7 Å². The van der Waals surface area contributed by atoms with E-state index >= 15 is 0 Å². The summed E-state index contributed by atoms with van der Waals surface area (Å²) < 4.78 is 13.0. The molecule has 0 saturated carbocycles. The Balaban J connectivity index is 3.10. The van der Waals surface area contributed by atoms with Crippen molar-refractivity contribution in [3.8, 4) is 0 Å². The van der Waals surface area contributed by atoms with Gasteiger partial charge in [0.1, 0.15) is 5.82 Å². The standard InChI is InChI=1S/C9H9FNO/c1-2-6-3-4-7(9(11)12)5-8(6)10/h3-5H,1-2H2,(H2,11,12). The van der Waals surface area contributed by atoms with Crippen LogP contribution in [0.2, 0.25) is 0 Å². The molecule has 0 unspecified atom stereocenters. The first-order chi connectivity index (χ1) is 5.65. The summed E-state index contributed by atoms with van der Waals surface area (Å²) in [5.41, 5.74) is 5.62. The number of carbonyl (C=O) groups excluding carboxylic acids is 1. The van der Waals surface area contributed by atoms with E-state index in [2.05, 4.69) is 6.92 Å². The molecule has 1 rings (SSSR count). The highest BCUT2D eigenvalue weighted by Gasteiger charge is 2.04. The summed E-state index contributed by atoms with van der Waals surface area (Å²) in [5, 5.41) is 0. The minimum atomic E-state index is -0.621. The molecule has 0 fully saturated rings. The van der Waals surface area contributed by atoms with Crippen LogP contribution in [0.15, 0.2) is 18.2 Å². The number of benzene rings is 1. The van der Waals surface area contributed by atoms with Crippen molar-refractivity contribution in [3.63, 3.8) is 0 Å². The Kier molecular flexibility index (Phi) is 2.43. The molecule has 12 heavy (non-hydrogen) atoms. The number of carbonyl (C=O) groups is 1. The fourth-order valence-electron chi connectivity index (χ4n) is 0.903. The molecule has 1 aromatic rings. The third-order valence-corrected chi connectivity index (χ3v) is 1.61. The van der Waals surface area contributed by atoms with Crippen molar-refractivity contribution >= 4 is 5.91 Å². The van der Waals surface area contributed by atoms with Gasteiger partial charge in [0.25, 0.3) is 0 Å². The molecule has 63 valence electrons. The van der Waals surface area contributed by atoms with Gasteiger partial charge in [-0.15, -0.1) is 0 Å². The Bertz CT molecular complexity index is 309. The first kappa shape index (κ1) is 8.71. The van der Waals surface area contributed by atoms with E-state index in [1.54, 1.807) is 0 Å². The van der Waals surface area contributed by atoms with E-state index in [1.807, 2.05) is 0 Å². The van der Waals surface area contributed by atoms with Gasteiger partial charge in [-0.05, 0) is 31.0 Å². The molecule has 1 radical (unpaired) electrons. The first-order valence-electron chi connectivity index (χ1n) is 3.52. The van der Waals surface area contributed by atoms with Gasteiger partial charge in [0, 0.05) is 5.56 Å². The maximum Gasteiger partial charge on any atom is 0.248 e. The lowest BCUT2D eigenvalue weighted by Gasteiger charge is -2.00. The van der Waals surface area contributed by atoms with Crippen LogP contribution in [0.1, 0.15) is 15.9 Å². The number of primary amides is 1. The van der Waals surface area contributed by atoms with E-state index in [9.17, 15) is 9.18 Å². The van der Waals surface area contributed by atoms with Crippen LogP contribution in [0.3, 0.4) is 0 Å². The molecule has 1 aromatic carbocycles. The summed E-state index contributed by atoms with van der Waals surface area (Å²) >= 11 is 0. The Hall–Kier alpha value is -1.38. The molecule has 0 heterocycles. The van der Waals surface area contributed by atoms with Crippen LogP contribution in [0.4, 0.5) is 4.39 Å². The van der Waals surface area contributed by atoms with Crippen LogP contribution in [-0.2, 0) is 6.42 Å². The Morgan fingerprint density at radius 1 is 1.58 bits per heavy atom. The molecule has 0 aliphatic carbocycles. The van der Waals surface area contributed by atoms with E-state index in [-0.39, 0.29) is 5.56 Å². The summed E-state index contributed by atoms with van der Waals surface area (Å²) in [6.45, 7) is 3.54. The normalized spacial score (nSPS) is 9.83. The van der Waals surface area contributed by atoms with Crippen molar-refractivity contribution in [1.29, 1.82) is 0 Å². The van der Waals surface area contributed by atoms with E-state index < -0.39 is 11.7 Å². The zero-order valence-corrected chi connectivity index (χ0v) is 6.51. The van der Waals surface area contributed by atoms with Crippen molar-refractivity contribution in [2.24, 2.45) is 5.73 Å². The Morgan fingerprint density at radius 3 is 2.67 bits per heavy atom. The van der Waals surface area contributed by atoms with E-state index in [1.165, 1.54) is 12.1 Å². The average molecular weight is 166 g/mol. The van der Waals surface area contributed by atoms with Gasteiger partial charge < -0.3 is 5.73 Å². The van der Waals surface area contributed by atoms with E-state index in [4.69, 9.17) is 5.73 Å². The number of amides is 1. The molecule has 0 atom stereocenters. The molecule has 0 saturated heterocycles. The Labute approximate surface area is 70.2 Å². The Morgan fingerprint density at radius 2 is 2.25 bits per heavy atom. The zero-order valence-electron chi connectivity index (χ0n) is 6.51. The quantitative estimate of drug-likeness (QED) is 0.707. The van der Waals surface area contributed by atoms with Crippen LogP contribution in [0.25, 0.3) is 0 Å². The minimum Gasteiger partial charge on any atom is -0.366 e. The summed E-state index contributed by atoms with van der Waals surface area (Å²) in [7, 11) is 0. The second-order valence-electron chi connectivity index (χ2n) is 2.42. The van der Waals surface area contributed by atoms with Crippen molar-refractivity contribution in [2.75, 3.05) is 0 Å². The average Bonchev–Trinajstić information content (AvgIpc) is 2.04. The van der Waals surface area contributed by atoms with Gasteiger partial charge in [0.15, 0.2) is 0 Å². The topological polar surface area (TPSA) is 43.1 Å². The predicted octanol–water partition coefficient (Wildman–Crippen LogP) is 1.30. The highest BCUT2D eigenvalue weighted by Crippen LogP contribution is 2.10. The minimum absolute atomic E-state index is 0.185. The molecule has 0 bridgehead atoms. The van der Waals surface area contributed by atoms with Gasteiger partial charge in [-0.1, -0.05) is 6.07 Å². The van der Waals surface area contributed by atoms with E-state index in [0.717, 1.165) is 6.07 Å². The van der Waals surface area contributed by atoms with Gasteiger partial charge in [-0.2, -0.15) is 0 Å². The summed E-state index contributed by atoms with van der Waals surface area (Å²) in [4.78, 5) is 10.6. The van der Waals surface area contributed by atoms with Gasteiger partial charge in [-0.3, -0.25) is 4.79 Å². The molecule has 1 amide bonds. The number of rotatable bonds is 2. The SMILES string of the molecule is [CH2]Cc1ccc(C(N)=O)cc1F. The molecule has 2 N–H and O–H groups in total. The van der Waals surface area contributed by atoms with Gasteiger partial charge in [0.05, 0.1) is 0 Å². The van der Waals surface area contributed by atoms with Gasteiger partial charge >= 0.3 is 0 Å². The molecule has 0 aliphatic rings. The first-order valence-corrected chi connectivity index (χ1v) is 3.52. The van der Waals surface area contributed by atoms with Gasteiger partial charge in [-0.25, -0.2) is 4.39 Å². The van der Waals surface area contributed by atoms with Crippen molar-refractivity contribution in [1.82, 2.24) is 0 Å². The maximum atomic E-state index is 13.0. The largest absolute Gasteiger partial charge is 0.366 e. The number of nitrogens with two attached hydrogens (primary N) is 1. The third-order valence-electron chi connectivity index (χ3n) is 1.61. The molecule has 3 heteroatoms. The molecule has 2 nitrogen and oxygen atoms in total. The highest BCUT2D eigenvalue weighted by atomic mass is 19.1. The summed E-state index contributed by atoms with van der Waals surface area (Å²) in [6, 6.07) is 4.14. The van der Waals surface area contributed by atoms with Crippen LogP contribution in [-0.4, -0.2) is 5.91 Å². The fraction of sp³-hybridized carbons (Fsp3) is 0.111. The van der Waals surface area contributed by atoms with Crippen LogP contribution >= 0.6 is 0 Å². The maximum absolute atomic E-state index is 13.0. The number of hydrogen-bond acceptors (Lipinski definition) is 1. The lowest BCUT2D eigenvalue weighted by Crippen LogP contribution is -2.11. The molecular formula is C9H9FNO. The molecule has 0 aromatic heterocycles.